The van der Waals surface area contributed by atoms with Gasteiger partial charge in [0.2, 0.25) is 0 Å². The minimum Gasteiger partial charge on any atom is -0.452 e. The number of carbonyl (C=O) groups excluding carboxylic acids is 1. The molecule has 0 N–H and O–H groups in total. The lowest BCUT2D eigenvalue weighted by Crippen LogP contribution is -2.17. The molecule has 0 saturated carbocycles. The Balaban J connectivity index is 0. The van der Waals surface area contributed by atoms with Crippen LogP contribution >= 0.6 is 0 Å². The summed E-state index contributed by atoms with van der Waals surface area (Å²) in [4.78, 5) is 9.47. The predicted octanol–water partition coefficient (Wildman–Crippen LogP) is 1.15. The van der Waals surface area contributed by atoms with Gasteiger partial charge in [-0.1, -0.05) is 0 Å². The third kappa shape index (κ3) is 24.6. The largest absolute Gasteiger partial charge is 0.452 e. The molecule has 0 amide bonds. The lowest BCUT2D eigenvalue weighted by molar-refractivity contribution is 0.103. The van der Waals surface area contributed by atoms with Crippen molar-refractivity contribution in [1.82, 2.24) is 0 Å². The van der Waals surface area contributed by atoms with Crippen molar-refractivity contribution in [3.05, 3.63) is 0 Å². The topological polar surface area (TPSA) is 44.8 Å². The molecule has 0 fully saturated rings. The highest BCUT2D eigenvalue weighted by atomic mass is 16.5. The van der Waals surface area contributed by atoms with Gasteiger partial charge in [-0.05, 0) is 20.8 Å². The summed E-state index contributed by atoms with van der Waals surface area (Å²) < 4.78 is 13.7. The van der Waals surface area contributed by atoms with Gasteiger partial charge in [-0.2, -0.15) is 0 Å². The molecule has 0 atom stereocenters. The maximum Gasteiger partial charge on any atom is 0.418 e. The zero-order valence-electron chi connectivity index (χ0n) is 9.05. The van der Waals surface area contributed by atoms with Crippen molar-refractivity contribution in [3.63, 3.8) is 0 Å². The van der Waals surface area contributed by atoms with Crippen LogP contribution in [0.5, 0.6) is 0 Å². The van der Waals surface area contributed by atoms with Crippen LogP contribution in [0.1, 0.15) is 20.8 Å². The van der Waals surface area contributed by atoms with Gasteiger partial charge in [0.1, 0.15) is 5.60 Å². The number of hydrogen-bond donors (Lipinski definition) is 0. The van der Waals surface area contributed by atoms with Crippen molar-refractivity contribution in [1.29, 1.82) is 0 Å². The second kappa shape index (κ2) is 9.48. The average molecular weight is 191 g/mol. The molecule has 0 unspecified atom stereocenters. The van der Waals surface area contributed by atoms with Gasteiger partial charge in [0.05, 0.1) is 13.2 Å². The average Bonchev–Trinajstić information content (AvgIpc) is 1.99. The maximum atomic E-state index is 9.47. The zero-order valence-corrected chi connectivity index (χ0v) is 9.05. The van der Waals surface area contributed by atoms with Crippen molar-refractivity contribution in [2.45, 2.75) is 26.4 Å². The van der Waals surface area contributed by atoms with E-state index in [4.69, 9.17) is 0 Å². The van der Waals surface area contributed by atoms with Crippen LogP contribution in [0, 0.1) is 0 Å². The van der Waals surface area contributed by atoms with Crippen molar-refractivity contribution in [2.24, 2.45) is 0 Å². The van der Waals surface area contributed by atoms with E-state index >= 15 is 0 Å². The fraction of sp³-hybridized carbons (Fsp3) is 0.889. The van der Waals surface area contributed by atoms with E-state index in [1.807, 2.05) is 0 Å². The van der Waals surface area contributed by atoms with Crippen LogP contribution in [-0.2, 0) is 19.0 Å². The van der Waals surface area contributed by atoms with Crippen LogP contribution in [0.4, 0.5) is 0 Å². The summed E-state index contributed by atoms with van der Waals surface area (Å²) in [5.74, 6) is 0. The summed E-state index contributed by atoms with van der Waals surface area (Å²) >= 11 is 0. The van der Waals surface area contributed by atoms with Crippen LogP contribution in [0.15, 0.2) is 0 Å². The SMILES string of the molecule is CC(C)(C)O[C]=O.COCCOC. The summed E-state index contributed by atoms with van der Waals surface area (Å²) in [7, 11) is 3.30. The lowest BCUT2D eigenvalue weighted by atomic mass is 10.2. The normalized spacial score (nSPS) is 9.92. The Kier molecular flexibility index (Phi) is 10.9. The van der Waals surface area contributed by atoms with E-state index in [1.165, 1.54) is 6.47 Å². The van der Waals surface area contributed by atoms with Crippen molar-refractivity contribution in [2.75, 3.05) is 27.4 Å². The van der Waals surface area contributed by atoms with Crippen LogP contribution in [0.25, 0.3) is 0 Å². The Morgan fingerprint density at radius 2 is 1.46 bits per heavy atom. The first-order valence-corrected chi connectivity index (χ1v) is 4.01. The predicted molar refractivity (Wildman–Crippen MR) is 50.3 cm³/mol. The Bertz CT molecular complexity index is 103. The fourth-order valence-electron chi connectivity index (χ4n) is 0.292. The summed E-state index contributed by atoms with van der Waals surface area (Å²) in [6.45, 7) is 8.11. The molecule has 4 heteroatoms. The van der Waals surface area contributed by atoms with Crippen LogP contribution in [0.2, 0.25) is 0 Å². The van der Waals surface area contributed by atoms with Gasteiger partial charge in [-0.3, -0.25) is 0 Å². The maximum absolute atomic E-state index is 9.47. The second-order valence-electron chi connectivity index (χ2n) is 3.28. The molecule has 0 aliphatic rings. The highest BCUT2D eigenvalue weighted by Gasteiger charge is 2.08. The number of methoxy groups -OCH3 is 2. The lowest BCUT2D eigenvalue weighted by Gasteiger charge is -2.13. The van der Waals surface area contributed by atoms with Gasteiger partial charge in [-0.25, -0.2) is 4.79 Å². The zero-order chi connectivity index (χ0) is 10.7. The summed E-state index contributed by atoms with van der Waals surface area (Å²) in [5, 5.41) is 0. The summed E-state index contributed by atoms with van der Waals surface area (Å²) in [5.41, 5.74) is -0.373. The molecule has 0 aromatic heterocycles. The number of ether oxygens (including phenoxy) is 3. The molecule has 0 heterocycles. The van der Waals surface area contributed by atoms with Crippen LogP contribution in [-0.4, -0.2) is 39.5 Å². The van der Waals surface area contributed by atoms with Crippen molar-refractivity contribution < 1.29 is 19.0 Å². The van der Waals surface area contributed by atoms with Gasteiger partial charge in [-0.15, -0.1) is 0 Å². The summed E-state index contributed by atoms with van der Waals surface area (Å²) in [6.07, 6.45) is 0. The van der Waals surface area contributed by atoms with E-state index < -0.39 is 0 Å². The van der Waals surface area contributed by atoms with E-state index in [-0.39, 0.29) is 5.60 Å². The number of rotatable bonds is 4. The van der Waals surface area contributed by atoms with Gasteiger partial charge < -0.3 is 14.2 Å². The van der Waals surface area contributed by atoms with Crippen molar-refractivity contribution in [3.8, 4) is 0 Å². The first-order chi connectivity index (χ1) is 5.97. The molecule has 0 rings (SSSR count). The Morgan fingerprint density at radius 1 is 1.08 bits per heavy atom. The van der Waals surface area contributed by atoms with Gasteiger partial charge in [0.25, 0.3) is 0 Å². The monoisotopic (exact) mass is 191 g/mol. The molecule has 0 aliphatic carbocycles. The molecule has 1 radical (unpaired) electrons. The second-order valence-corrected chi connectivity index (χ2v) is 3.28. The molecule has 0 aromatic carbocycles. The van der Waals surface area contributed by atoms with Gasteiger partial charge in [0.15, 0.2) is 0 Å². The Morgan fingerprint density at radius 3 is 1.54 bits per heavy atom. The highest BCUT2D eigenvalue weighted by Crippen LogP contribution is 2.02. The van der Waals surface area contributed by atoms with E-state index in [0.717, 1.165) is 0 Å². The highest BCUT2D eigenvalue weighted by molar-refractivity contribution is 5.39. The third-order valence-electron chi connectivity index (χ3n) is 0.839. The molecule has 0 spiro atoms. The first-order valence-electron chi connectivity index (χ1n) is 4.01. The first kappa shape index (κ1) is 14.9. The van der Waals surface area contributed by atoms with E-state index in [0.29, 0.717) is 13.2 Å². The van der Waals surface area contributed by atoms with Crippen LogP contribution < -0.4 is 0 Å². The minimum absolute atomic E-state index is 0.373. The standard InChI is InChI=1S/C5H9O2.C4H10O2/c1-5(2,3)7-4-6;1-5-3-4-6-2/h1-3H3;3-4H2,1-2H3. The smallest absolute Gasteiger partial charge is 0.418 e. The molecule has 4 nitrogen and oxygen atoms in total. The molecule has 0 aliphatic heterocycles. The molecule has 79 valence electrons. The van der Waals surface area contributed by atoms with Crippen LogP contribution in [0.3, 0.4) is 0 Å². The third-order valence-corrected chi connectivity index (χ3v) is 0.839. The van der Waals surface area contributed by atoms with Gasteiger partial charge >= 0.3 is 6.47 Å². The minimum atomic E-state index is -0.373. The molecule has 0 bridgehead atoms. The van der Waals surface area contributed by atoms with E-state index in [2.05, 4.69) is 14.2 Å². The molecule has 0 aromatic rings. The summed E-state index contributed by atoms with van der Waals surface area (Å²) in [6, 6.07) is 0. The Labute approximate surface area is 80.2 Å². The fourth-order valence-corrected chi connectivity index (χ4v) is 0.292. The van der Waals surface area contributed by atoms with Gasteiger partial charge in [0, 0.05) is 14.2 Å². The van der Waals surface area contributed by atoms with E-state index in [1.54, 1.807) is 35.0 Å². The number of hydrogen-bond acceptors (Lipinski definition) is 4. The molecule has 0 saturated heterocycles. The van der Waals surface area contributed by atoms with Crippen molar-refractivity contribution >= 4 is 6.47 Å². The van der Waals surface area contributed by atoms with E-state index in [9.17, 15) is 4.79 Å². The Hall–Kier alpha value is -0.610. The molecular formula is C9H19O4. The quantitative estimate of drug-likeness (QED) is 0.625. The molecule has 13 heavy (non-hydrogen) atoms. The molecular weight excluding hydrogens is 172 g/mol.